The summed E-state index contributed by atoms with van der Waals surface area (Å²) in [4.78, 5) is 0. The molecule has 1 aromatic carbocycles. The fourth-order valence-electron chi connectivity index (χ4n) is 2.10. The Balaban J connectivity index is 2.00. The lowest BCUT2D eigenvalue weighted by molar-refractivity contribution is 0.279. The predicted molar refractivity (Wildman–Crippen MR) is 67.1 cm³/mol. The molecular weight excluding hydrogens is 198 g/mol. The third-order valence-corrected chi connectivity index (χ3v) is 3.31. The van der Waals surface area contributed by atoms with Gasteiger partial charge in [-0.1, -0.05) is 6.07 Å². The van der Waals surface area contributed by atoms with Crippen LogP contribution in [0, 0.1) is 0 Å². The lowest BCUT2D eigenvalue weighted by atomic mass is 9.92. The molecular formula is C14H21NO. The monoisotopic (exact) mass is 219 g/mol. The molecule has 1 atom stereocenters. The number of nitrogens with one attached hydrogen (secondary N) is 1. The van der Waals surface area contributed by atoms with E-state index in [1.807, 2.05) is 7.05 Å². The van der Waals surface area contributed by atoms with Crippen LogP contribution in [-0.4, -0.2) is 19.7 Å². The number of rotatable bonds is 4. The van der Waals surface area contributed by atoms with Gasteiger partial charge in [-0.15, -0.1) is 0 Å². The molecule has 1 aromatic rings. The molecule has 0 saturated carbocycles. The van der Waals surface area contributed by atoms with E-state index in [4.69, 9.17) is 4.74 Å². The largest absolute Gasteiger partial charge is 0.492 e. The second-order valence-electron chi connectivity index (χ2n) is 4.64. The number of likely N-dealkylation sites (N-methyl/N-ethyl adjacent to an activating group) is 1. The van der Waals surface area contributed by atoms with Crippen molar-refractivity contribution in [3.8, 4) is 5.75 Å². The molecule has 0 radical (unpaired) electrons. The number of fused-ring (bicyclic) bond motifs is 1. The normalized spacial score (nSPS) is 16.6. The summed E-state index contributed by atoms with van der Waals surface area (Å²) in [6, 6.07) is 6.95. The summed E-state index contributed by atoms with van der Waals surface area (Å²) in [5.74, 6) is 1.02. The summed E-state index contributed by atoms with van der Waals surface area (Å²) in [7, 11) is 1.96. The van der Waals surface area contributed by atoms with Gasteiger partial charge in [0.05, 0.1) is 0 Å². The first-order valence-electron chi connectivity index (χ1n) is 6.21. The average molecular weight is 219 g/mol. The van der Waals surface area contributed by atoms with Gasteiger partial charge >= 0.3 is 0 Å². The fourth-order valence-corrected chi connectivity index (χ4v) is 2.10. The second-order valence-corrected chi connectivity index (χ2v) is 4.64. The molecule has 0 spiro atoms. The van der Waals surface area contributed by atoms with E-state index in [0.29, 0.717) is 6.04 Å². The Morgan fingerprint density at radius 1 is 1.25 bits per heavy atom. The Bertz CT molecular complexity index is 349. The molecule has 0 amide bonds. The summed E-state index contributed by atoms with van der Waals surface area (Å²) in [5.41, 5.74) is 3.00. The topological polar surface area (TPSA) is 21.3 Å². The SMILES string of the molecule is CNC(C)COc1ccc2c(c1)CCCC2. The molecule has 0 aromatic heterocycles. The maximum Gasteiger partial charge on any atom is 0.119 e. The highest BCUT2D eigenvalue weighted by atomic mass is 16.5. The van der Waals surface area contributed by atoms with Gasteiger partial charge in [0.15, 0.2) is 0 Å². The van der Waals surface area contributed by atoms with E-state index >= 15 is 0 Å². The molecule has 2 nitrogen and oxygen atoms in total. The quantitative estimate of drug-likeness (QED) is 0.840. The van der Waals surface area contributed by atoms with Crippen molar-refractivity contribution in [1.29, 1.82) is 0 Å². The number of hydrogen-bond acceptors (Lipinski definition) is 2. The van der Waals surface area contributed by atoms with E-state index in [1.165, 1.54) is 36.8 Å². The first-order valence-corrected chi connectivity index (χ1v) is 6.21. The van der Waals surface area contributed by atoms with Gasteiger partial charge in [0.1, 0.15) is 12.4 Å². The Hall–Kier alpha value is -1.02. The van der Waals surface area contributed by atoms with E-state index < -0.39 is 0 Å². The first-order chi connectivity index (χ1) is 7.79. The maximum atomic E-state index is 5.76. The van der Waals surface area contributed by atoms with E-state index in [2.05, 4.69) is 30.4 Å². The Kier molecular flexibility index (Phi) is 3.83. The zero-order valence-corrected chi connectivity index (χ0v) is 10.3. The van der Waals surface area contributed by atoms with Crippen molar-refractivity contribution in [3.63, 3.8) is 0 Å². The van der Waals surface area contributed by atoms with Gasteiger partial charge in [-0.25, -0.2) is 0 Å². The van der Waals surface area contributed by atoms with Crippen LogP contribution in [-0.2, 0) is 12.8 Å². The van der Waals surface area contributed by atoms with Crippen molar-refractivity contribution in [3.05, 3.63) is 29.3 Å². The van der Waals surface area contributed by atoms with E-state index in [1.54, 1.807) is 0 Å². The molecule has 0 bridgehead atoms. The van der Waals surface area contributed by atoms with Gasteiger partial charge < -0.3 is 10.1 Å². The molecule has 0 saturated heterocycles. The predicted octanol–water partition coefficient (Wildman–Crippen LogP) is 2.55. The highest BCUT2D eigenvalue weighted by Gasteiger charge is 2.10. The molecule has 1 unspecified atom stereocenters. The standard InChI is InChI=1S/C14H21NO/c1-11(15-2)10-16-14-8-7-12-5-3-4-6-13(12)9-14/h7-9,11,15H,3-6,10H2,1-2H3. The molecule has 1 aliphatic carbocycles. The summed E-state index contributed by atoms with van der Waals surface area (Å²) in [6.07, 6.45) is 5.12. The van der Waals surface area contributed by atoms with Crippen LogP contribution in [0.3, 0.4) is 0 Å². The van der Waals surface area contributed by atoms with Crippen molar-refractivity contribution >= 4 is 0 Å². The first kappa shape index (κ1) is 11.5. The van der Waals surface area contributed by atoms with E-state index in [-0.39, 0.29) is 0 Å². The number of ether oxygens (including phenoxy) is 1. The Morgan fingerprint density at radius 2 is 2.00 bits per heavy atom. The minimum Gasteiger partial charge on any atom is -0.492 e. The zero-order chi connectivity index (χ0) is 11.4. The van der Waals surface area contributed by atoms with Crippen LogP contribution in [0.2, 0.25) is 0 Å². The van der Waals surface area contributed by atoms with Crippen molar-refractivity contribution in [2.24, 2.45) is 0 Å². The van der Waals surface area contributed by atoms with Gasteiger partial charge in [-0.2, -0.15) is 0 Å². The molecule has 1 aliphatic rings. The van der Waals surface area contributed by atoms with Gasteiger partial charge in [-0.05, 0) is 62.9 Å². The summed E-state index contributed by atoms with van der Waals surface area (Å²) in [6.45, 7) is 2.85. The molecule has 0 aliphatic heterocycles. The molecule has 2 heteroatoms. The highest BCUT2D eigenvalue weighted by molar-refractivity contribution is 5.37. The van der Waals surface area contributed by atoms with Crippen molar-refractivity contribution in [1.82, 2.24) is 5.32 Å². The summed E-state index contributed by atoms with van der Waals surface area (Å²) in [5, 5.41) is 3.17. The summed E-state index contributed by atoms with van der Waals surface area (Å²) < 4.78 is 5.76. The average Bonchev–Trinajstić information content (AvgIpc) is 2.35. The number of benzene rings is 1. The van der Waals surface area contributed by atoms with Gasteiger partial charge in [0.25, 0.3) is 0 Å². The minimum atomic E-state index is 0.399. The lowest BCUT2D eigenvalue weighted by Gasteiger charge is -2.18. The number of hydrogen-bond donors (Lipinski definition) is 1. The smallest absolute Gasteiger partial charge is 0.119 e. The van der Waals surface area contributed by atoms with Crippen LogP contribution in [0.25, 0.3) is 0 Å². The van der Waals surface area contributed by atoms with Crippen molar-refractivity contribution in [2.75, 3.05) is 13.7 Å². The lowest BCUT2D eigenvalue weighted by Crippen LogP contribution is -2.28. The van der Waals surface area contributed by atoms with Crippen molar-refractivity contribution < 1.29 is 4.74 Å². The van der Waals surface area contributed by atoms with Crippen LogP contribution in [0.5, 0.6) is 5.75 Å². The number of aryl methyl sites for hydroxylation is 2. The van der Waals surface area contributed by atoms with Crippen LogP contribution in [0.15, 0.2) is 18.2 Å². The minimum absolute atomic E-state index is 0.399. The fraction of sp³-hybridized carbons (Fsp3) is 0.571. The van der Waals surface area contributed by atoms with Gasteiger partial charge in [0, 0.05) is 6.04 Å². The third kappa shape index (κ3) is 2.76. The van der Waals surface area contributed by atoms with Crippen LogP contribution < -0.4 is 10.1 Å². The van der Waals surface area contributed by atoms with E-state index in [9.17, 15) is 0 Å². The Morgan fingerprint density at radius 3 is 2.75 bits per heavy atom. The second kappa shape index (κ2) is 5.35. The van der Waals surface area contributed by atoms with E-state index in [0.717, 1.165) is 12.4 Å². The third-order valence-electron chi connectivity index (χ3n) is 3.31. The molecule has 16 heavy (non-hydrogen) atoms. The van der Waals surface area contributed by atoms with Gasteiger partial charge in [-0.3, -0.25) is 0 Å². The van der Waals surface area contributed by atoms with Gasteiger partial charge in [0.2, 0.25) is 0 Å². The van der Waals surface area contributed by atoms with Crippen LogP contribution in [0.1, 0.15) is 30.9 Å². The van der Waals surface area contributed by atoms with Crippen LogP contribution >= 0.6 is 0 Å². The van der Waals surface area contributed by atoms with Crippen LogP contribution in [0.4, 0.5) is 0 Å². The molecule has 0 heterocycles. The maximum absolute atomic E-state index is 5.76. The Labute approximate surface area is 98.0 Å². The molecule has 88 valence electrons. The molecule has 1 N–H and O–H groups in total. The van der Waals surface area contributed by atoms with Crippen molar-refractivity contribution in [2.45, 2.75) is 38.6 Å². The molecule has 0 fully saturated rings. The zero-order valence-electron chi connectivity index (χ0n) is 10.3. The molecule has 2 rings (SSSR count). The summed E-state index contributed by atoms with van der Waals surface area (Å²) >= 11 is 0. The highest BCUT2D eigenvalue weighted by Crippen LogP contribution is 2.25.